The van der Waals surface area contributed by atoms with Crippen LogP contribution >= 0.6 is 0 Å². The zero-order valence-corrected chi connectivity index (χ0v) is 14.1. The van der Waals surface area contributed by atoms with Crippen LogP contribution < -0.4 is 20.3 Å². The van der Waals surface area contributed by atoms with Crippen LogP contribution in [0.2, 0.25) is 0 Å². The van der Waals surface area contributed by atoms with Gasteiger partial charge in [-0.1, -0.05) is 12.1 Å². The zero-order chi connectivity index (χ0) is 17.6. The van der Waals surface area contributed by atoms with Crippen molar-refractivity contribution < 1.29 is 14.3 Å². The van der Waals surface area contributed by atoms with E-state index in [0.29, 0.717) is 18.8 Å². The second kappa shape index (κ2) is 7.70. The fraction of sp³-hybridized carbons (Fsp3) is 0.263. The van der Waals surface area contributed by atoms with Crippen molar-refractivity contribution in [1.82, 2.24) is 5.32 Å². The summed E-state index contributed by atoms with van der Waals surface area (Å²) in [6.07, 6.45) is 1.19. The predicted molar refractivity (Wildman–Crippen MR) is 97.1 cm³/mol. The van der Waals surface area contributed by atoms with Crippen LogP contribution in [0.3, 0.4) is 0 Å². The third-order valence-corrected chi connectivity index (χ3v) is 4.04. The first-order valence-corrected chi connectivity index (χ1v) is 8.24. The maximum atomic E-state index is 12.2. The normalized spacial score (nSPS) is 14.0. The highest BCUT2D eigenvalue weighted by atomic mass is 16.5. The van der Waals surface area contributed by atoms with Crippen molar-refractivity contribution in [2.24, 2.45) is 0 Å². The topological polar surface area (TPSA) is 70.7 Å². The van der Waals surface area contributed by atoms with Crippen LogP contribution in [0.5, 0.6) is 5.75 Å². The van der Waals surface area contributed by atoms with E-state index in [1.807, 2.05) is 36.4 Å². The number of amides is 3. The molecule has 2 N–H and O–H groups in total. The Morgan fingerprint density at radius 2 is 2.04 bits per heavy atom. The highest BCUT2D eigenvalue weighted by molar-refractivity contribution is 5.94. The van der Waals surface area contributed by atoms with Gasteiger partial charge in [0.15, 0.2) is 0 Å². The molecule has 1 heterocycles. The Balaban J connectivity index is 1.60. The first kappa shape index (κ1) is 16.8. The van der Waals surface area contributed by atoms with Gasteiger partial charge in [0, 0.05) is 24.5 Å². The minimum atomic E-state index is -0.100. The highest BCUT2D eigenvalue weighted by Crippen LogP contribution is 2.20. The van der Waals surface area contributed by atoms with Gasteiger partial charge in [0.05, 0.1) is 13.5 Å². The van der Waals surface area contributed by atoms with Gasteiger partial charge in [-0.2, -0.15) is 0 Å². The Labute approximate surface area is 146 Å². The number of benzene rings is 2. The van der Waals surface area contributed by atoms with Crippen molar-refractivity contribution in [2.75, 3.05) is 30.4 Å². The van der Waals surface area contributed by atoms with Crippen molar-refractivity contribution in [2.45, 2.75) is 12.8 Å². The number of nitrogens with zero attached hydrogens (tertiary/aromatic N) is 1. The van der Waals surface area contributed by atoms with E-state index in [-0.39, 0.29) is 18.4 Å². The molecule has 0 saturated carbocycles. The molecule has 6 nitrogen and oxygen atoms in total. The largest absolute Gasteiger partial charge is 0.497 e. The Morgan fingerprint density at radius 3 is 2.76 bits per heavy atom. The number of anilines is 2. The van der Waals surface area contributed by atoms with Crippen molar-refractivity contribution in [3.63, 3.8) is 0 Å². The summed E-state index contributed by atoms with van der Waals surface area (Å²) in [5.41, 5.74) is 2.41. The van der Waals surface area contributed by atoms with Crippen LogP contribution in [0.4, 0.5) is 16.2 Å². The molecule has 0 atom stereocenters. The van der Waals surface area contributed by atoms with Crippen molar-refractivity contribution >= 4 is 23.3 Å². The van der Waals surface area contributed by atoms with Crippen LogP contribution in [0.1, 0.15) is 12.0 Å². The first-order valence-electron chi connectivity index (χ1n) is 8.24. The molecule has 1 aliphatic rings. The molecular formula is C19H21N3O3. The number of rotatable bonds is 5. The number of carbonyl (C=O) groups excluding carboxylic acids is 2. The molecule has 1 aliphatic heterocycles. The van der Waals surface area contributed by atoms with Crippen LogP contribution in [0, 0.1) is 0 Å². The molecule has 0 radical (unpaired) electrons. The van der Waals surface area contributed by atoms with Gasteiger partial charge < -0.3 is 15.4 Å². The number of urea groups is 1. The van der Waals surface area contributed by atoms with Gasteiger partial charge in [-0.25, -0.2) is 4.79 Å². The second-order valence-electron chi connectivity index (χ2n) is 5.86. The van der Waals surface area contributed by atoms with E-state index in [4.69, 9.17) is 4.74 Å². The lowest BCUT2D eigenvalue weighted by molar-refractivity contribution is -0.115. The van der Waals surface area contributed by atoms with Gasteiger partial charge in [0.2, 0.25) is 5.91 Å². The van der Waals surface area contributed by atoms with Crippen LogP contribution in [0.25, 0.3) is 0 Å². The molecule has 0 bridgehead atoms. The molecule has 1 saturated heterocycles. The van der Waals surface area contributed by atoms with E-state index in [0.717, 1.165) is 23.4 Å². The minimum Gasteiger partial charge on any atom is -0.497 e. The number of carbonyl (C=O) groups is 2. The molecule has 2 aromatic carbocycles. The van der Waals surface area contributed by atoms with Gasteiger partial charge in [0.1, 0.15) is 5.75 Å². The first-order chi connectivity index (χ1) is 12.2. The minimum absolute atomic E-state index is 0.0824. The standard InChI is InChI=1S/C19H21N3O3/c1-25-17-5-2-4-14(12-17)13-18(23)21-15-6-8-16(9-7-15)22-11-3-10-20-19(22)24/h2,4-9,12H,3,10-11,13H2,1H3,(H,20,24)(H,21,23). The van der Waals surface area contributed by atoms with E-state index in [1.165, 1.54) is 0 Å². The van der Waals surface area contributed by atoms with E-state index < -0.39 is 0 Å². The Bertz CT molecular complexity index is 759. The molecule has 6 heteroatoms. The van der Waals surface area contributed by atoms with Gasteiger partial charge >= 0.3 is 6.03 Å². The monoisotopic (exact) mass is 339 g/mol. The summed E-state index contributed by atoms with van der Waals surface area (Å²) in [7, 11) is 1.60. The van der Waals surface area contributed by atoms with Gasteiger partial charge in [0.25, 0.3) is 0 Å². The van der Waals surface area contributed by atoms with E-state index in [9.17, 15) is 9.59 Å². The maximum Gasteiger partial charge on any atom is 0.321 e. The molecule has 0 aromatic heterocycles. The number of ether oxygens (including phenoxy) is 1. The van der Waals surface area contributed by atoms with E-state index in [1.54, 1.807) is 24.1 Å². The summed E-state index contributed by atoms with van der Waals surface area (Å²) in [6.45, 7) is 1.42. The average molecular weight is 339 g/mol. The lowest BCUT2D eigenvalue weighted by Gasteiger charge is -2.27. The molecule has 25 heavy (non-hydrogen) atoms. The lowest BCUT2D eigenvalue weighted by Crippen LogP contribution is -2.46. The molecule has 0 aliphatic carbocycles. The van der Waals surface area contributed by atoms with E-state index in [2.05, 4.69) is 10.6 Å². The third kappa shape index (κ3) is 4.29. The smallest absolute Gasteiger partial charge is 0.321 e. The maximum absolute atomic E-state index is 12.2. The van der Waals surface area contributed by atoms with Gasteiger partial charge in [-0.3, -0.25) is 9.69 Å². The summed E-state index contributed by atoms with van der Waals surface area (Å²) in [4.78, 5) is 25.7. The lowest BCUT2D eigenvalue weighted by atomic mass is 10.1. The van der Waals surface area contributed by atoms with Crippen molar-refractivity contribution in [1.29, 1.82) is 0 Å². The summed E-state index contributed by atoms with van der Waals surface area (Å²) < 4.78 is 5.17. The molecule has 0 spiro atoms. The fourth-order valence-electron chi connectivity index (χ4n) is 2.77. The SMILES string of the molecule is COc1cccc(CC(=O)Nc2ccc(N3CCCNC3=O)cc2)c1. The summed E-state index contributed by atoms with van der Waals surface area (Å²) in [5.74, 6) is 0.631. The van der Waals surface area contributed by atoms with E-state index >= 15 is 0 Å². The third-order valence-electron chi connectivity index (χ3n) is 4.04. The Hall–Kier alpha value is -3.02. The number of hydrogen-bond acceptors (Lipinski definition) is 3. The Kier molecular flexibility index (Phi) is 5.18. The molecule has 3 amide bonds. The second-order valence-corrected chi connectivity index (χ2v) is 5.86. The van der Waals surface area contributed by atoms with Gasteiger partial charge in [-0.05, 0) is 48.4 Å². The number of hydrogen-bond donors (Lipinski definition) is 2. The average Bonchev–Trinajstić information content (AvgIpc) is 2.63. The number of methoxy groups -OCH3 is 1. The van der Waals surface area contributed by atoms with Crippen LogP contribution in [-0.2, 0) is 11.2 Å². The summed E-state index contributed by atoms with van der Waals surface area (Å²) in [6, 6.07) is 14.6. The molecule has 2 aromatic rings. The number of nitrogens with one attached hydrogen (secondary N) is 2. The fourth-order valence-corrected chi connectivity index (χ4v) is 2.77. The van der Waals surface area contributed by atoms with Crippen molar-refractivity contribution in [3.8, 4) is 5.75 Å². The quantitative estimate of drug-likeness (QED) is 0.880. The zero-order valence-electron chi connectivity index (χ0n) is 14.1. The predicted octanol–water partition coefficient (Wildman–Crippen LogP) is 2.80. The van der Waals surface area contributed by atoms with Gasteiger partial charge in [-0.15, -0.1) is 0 Å². The molecule has 130 valence electrons. The molecular weight excluding hydrogens is 318 g/mol. The highest BCUT2D eigenvalue weighted by Gasteiger charge is 2.18. The molecule has 1 fully saturated rings. The Morgan fingerprint density at radius 1 is 1.24 bits per heavy atom. The molecule has 0 unspecified atom stereocenters. The molecule has 3 rings (SSSR count). The summed E-state index contributed by atoms with van der Waals surface area (Å²) >= 11 is 0. The van der Waals surface area contributed by atoms with Crippen molar-refractivity contribution in [3.05, 3.63) is 54.1 Å². The summed E-state index contributed by atoms with van der Waals surface area (Å²) in [5, 5.41) is 5.69. The van der Waals surface area contributed by atoms with Crippen LogP contribution in [-0.4, -0.2) is 32.1 Å². The van der Waals surface area contributed by atoms with Crippen LogP contribution in [0.15, 0.2) is 48.5 Å².